The summed E-state index contributed by atoms with van der Waals surface area (Å²) < 4.78 is 0. The largest absolute Gasteiger partial charge is 0.506 e. The molecule has 0 bridgehead atoms. The third kappa shape index (κ3) is 2.58. The van der Waals surface area contributed by atoms with Crippen LogP contribution in [0.25, 0.3) is 0 Å². The minimum absolute atomic E-state index is 0.102. The topological polar surface area (TPSA) is 74.6 Å². The van der Waals surface area contributed by atoms with E-state index in [4.69, 9.17) is 5.11 Å². The number of aryl methyl sites for hydroxylation is 1. The summed E-state index contributed by atoms with van der Waals surface area (Å²) in [4.78, 5) is 20.7. The van der Waals surface area contributed by atoms with Crippen molar-refractivity contribution in [3.05, 3.63) is 28.8 Å². The number of carbonyl (C=O) groups is 2. The summed E-state index contributed by atoms with van der Waals surface area (Å²) in [5, 5.41) is 17.8. The molecule has 0 saturated carbocycles. The van der Waals surface area contributed by atoms with Crippen molar-refractivity contribution in [3.8, 4) is 17.6 Å². The lowest BCUT2D eigenvalue weighted by molar-refractivity contribution is -0.130. The van der Waals surface area contributed by atoms with E-state index in [9.17, 15) is 14.7 Å². The molecule has 2 N–H and O–H groups in total. The van der Waals surface area contributed by atoms with E-state index >= 15 is 0 Å². The molecule has 0 heterocycles. The molecule has 15 heavy (non-hydrogen) atoms. The Balaban J connectivity index is 3.31. The zero-order valence-corrected chi connectivity index (χ0v) is 7.94. The van der Waals surface area contributed by atoms with E-state index in [1.54, 1.807) is 6.92 Å². The first kappa shape index (κ1) is 10.8. The number of aldehydes is 1. The summed E-state index contributed by atoms with van der Waals surface area (Å²) in [6, 6.07) is 3.01. The third-order valence-corrected chi connectivity index (χ3v) is 1.71. The van der Waals surface area contributed by atoms with Gasteiger partial charge in [0, 0.05) is 5.92 Å². The number of carboxylic acids is 1. The Bertz CT molecular complexity index is 477. The van der Waals surface area contributed by atoms with Crippen molar-refractivity contribution in [2.24, 2.45) is 0 Å². The number of phenolic OH excluding ortho intramolecular Hbond substituents is 1. The van der Waals surface area contributed by atoms with Crippen LogP contribution in [0.4, 0.5) is 0 Å². The summed E-state index contributed by atoms with van der Waals surface area (Å²) in [6.45, 7) is 1.72. The quantitative estimate of drug-likeness (QED) is 0.527. The Kier molecular flexibility index (Phi) is 3.09. The highest BCUT2D eigenvalue weighted by atomic mass is 16.4. The molecular formula is C11H8O4. The number of phenols is 1. The number of benzene rings is 1. The number of carbonyl (C=O) groups excluding carboxylic acids is 1. The van der Waals surface area contributed by atoms with Crippen molar-refractivity contribution in [1.82, 2.24) is 0 Å². The molecule has 0 amide bonds. The van der Waals surface area contributed by atoms with E-state index in [0.717, 1.165) is 5.56 Å². The number of hydrogen-bond donors (Lipinski definition) is 2. The van der Waals surface area contributed by atoms with Gasteiger partial charge in [0.25, 0.3) is 0 Å². The molecule has 0 spiro atoms. The lowest BCUT2D eigenvalue weighted by Gasteiger charge is -2.01. The summed E-state index contributed by atoms with van der Waals surface area (Å²) in [5.41, 5.74) is 0.966. The second-order valence-corrected chi connectivity index (χ2v) is 2.92. The highest BCUT2D eigenvalue weighted by Gasteiger charge is 2.06. The average Bonchev–Trinajstić information content (AvgIpc) is 2.18. The van der Waals surface area contributed by atoms with Crippen LogP contribution in [0.2, 0.25) is 0 Å². The van der Waals surface area contributed by atoms with Crippen LogP contribution in [0, 0.1) is 18.8 Å². The maximum atomic E-state index is 10.5. The van der Waals surface area contributed by atoms with E-state index in [1.165, 1.54) is 12.1 Å². The number of carboxylic acid groups (broad SMARTS) is 1. The predicted molar refractivity (Wildman–Crippen MR) is 52.7 cm³/mol. The van der Waals surface area contributed by atoms with Gasteiger partial charge in [0.15, 0.2) is 6.29 Å². The third-order valence-electron chi connectivity index (χ3n) is 1.71. The molecule has 0 fully saturated rings. The molecule has 1 aromatic carbocycles. The standard InChI is InChI=1S/C11H8O4/c1-7-4-8(2-3-10(13)14)11(15)9(5-7)6-12/h4-6,15H,1H3,(H,13,14). The monoisotopic (exact) mass is 204 g/mol. The Morgan fingerprint density at radius 2 is 2.13 bits per heavy atom. The van der Waals surface area contributed by atoms with Crippen molar-refractivity contribution < 1.29 is 19.8 Å². The van der Waals surface area contributed by atoms with Crippen LogP contribution in [0.1, 0.15) is 21.5 Å². The van der Waals surface area contributed by atoms with E-state index in [-0.39, 0.29) is 16.9 Å². The van der Waals surface area contributed by atoms with Crippen LogP contribution in [0.5, 0.6) is 5.75 Å². The van der Waals surface area contributed by atoms with Gasteiger partial charge in [-0.3, -0.25) is 4.79 Å². The lowest BCUT2D eigenvalue weighted by atomic mass is 10.1. The van der Waals surface area contributed by atoms with E-state index in [0.29, 0.717) is 6.29 Å². The first-order valence-corrected chi connectivity index (χ1v) is 4.08. The maximum Gasteiger partial charge on any atom is 0.382 e. The molecule has 0 aliphatic rings. The minimum atomic E-state index is -1.29. The number of aliphatic carboxylic acids is 1. The minimum Gasteiger partial charge on any atom is -0.506 e. The van der Waals surface area contributed by atoms with Crippen LogP contribution in [-0.2, 0) is 4.79 Å². The van der Waals surface area contributed by atoms with Crippen molar-refractivity contribution >= 4 is 12.3 Å². The smallest absolute Gasteiger partial charge is 0.382 e. The summed E-state index contributed by atoms with van der Waals surface area (Å²) in [6.07, 6.45) is 0.494. The summed E-state index contributed by atoms with van der Waals surface area (Å²) >= 11 is 0. The lowest BCUT2D eigenvalue weighted by Crippen LogP contribution is -1.90. The number of aromatic hydroxyl groups is 1. The summed E-state index contributed by atoms with van der Waals surface area (Å²) in [5.74, 6) is 2.57. The van der Waals surface area contributed by atoms with Gasteiger partial charge in [-0.05, 0) is 24.6 Å². The van der Waals surface area contributed by atoms with Crippen LogP contribution in [0.3, 0.4) is 0 Å². The van der Waals surface area contributed by atoms with E-state index in [2.05, 4.69) is 5.92 Å². The van der Waals surface area contributed by atoms with Crippen molar-refractivity contribution in [3.63, 3.8) is 0 Å². The first-order valence-electron chi connectivity index (χ1n) is 4.08. The average molecular weight is 204 g/mol. The van der Waals surface area contributed by atoms with Crippen molar-refractivity contribution in [2.45, 2.75) is 6.92 Å². The van der Waals surface area contributed by atoms with Gasteiger partial charge in [0.1, 0.15) is 5.75 Å². The van der Waals surface area contributed by atoms with Gasteiger partial charge in [-0.25, -0.2) is 4.79 Å². The fraction of sp³-hybridized carbons (Fsp3) is 0.0909. The Hall–Kier alpha value is -2.28. The van der Waals surface area contributed by atoms with Crippen molar-refractivity contribution in [2.75, 3.05) is 0 Å². The normalized spacial score (nSPS) is 8.87. The molecule has 1 rings (SSSR count). The summed E-state index contributed by atoms with van der Waals surface area (Å²) in [7, 11) is 0. The molecule has 0 aliphatic heterocycles. The van der Waals surface area contributed by atoms with Crippen LogP contribution in [0.15, 0.2) is 12.1 Å². The molecule has 0 radical (unpaired) electrons. The van der Waals surface area contributed by atoms with E-state index < -0.39 is 5.97 Å². The molecule has 4 heteroatoms. The first-order chi connectivity index (χ1) is 7.04. The molecule has 1 aromatic rings. The van der Waals surface area contributed by atoms with Crippen LogP contribution in [-0.4, -0.2) is 22.5 Å². The SMILES string of the molecule is Cc1cc(C#CC(=O)O)c(O)c(C=O)c1. The highest BCUT2D eigenvalue weighted by molar-refractivity contribution is 5.88. The zero-order valence-electron chi connectivity index (χ0n) is 7.94. The zero-order chi connectivity index (χ0) is 11.4. The van der Waals surface area contributed by atoms with Gasteiger partial charge in [-0.15, -0.1) is 0 Å². The van der Waals surface area contributed by atoms with Crippen LogP contribution < -0.4 is 0 Å². The molecule has 0 aliphatic carbocycles. The number of rotatable bonds is 1. The fourth-order valence-electron chi connectivity index (χ4n) is 1.11. The molecule has 0 unspecified atom stereocenters. The molecule has 76 valence electrons. The molecular weight excluding hydrogens is 196 g/mol. The Morgan fingerprint density at radius 1 is 1.47 bits per heavy atom. The molecule has 4 nitrogen and oxygen atoms in total. The second-order valence-electron chi connectivity index (χ2n) is 2.92. The van der Waals surface area contributed by atoms with Crippen molar-refractivity contribution in [1.29, 1.82) is 0 Å². The van der Waals surface area contributed by atoms with Gasteiger partial charge in [0.2, 0.25) is 0 Å². The molecule has 0 saturated heterocycles. The highest BCUT2D eigenvalue weighted by Crippen LogP contribution is 2.22. The fourth-order valence-corrected chi connectivity index (χ4v) is 1.11. The van der Waals surface area contributed by atoms with Crippen LogP contribution >= 0.6 is 0 Å². The van der Waals surface area contributed by atoms with Gasteiger partial charge in [-0.1, -0.05) is 5.92 Å². The Labute approximate surface area is 86.2 Å². The Morgan fingerprint density at radius 3 is 2.67 bits per heavy atom. The van der Waals surface area contributed by atoms with Gasteiger partial charge in [0.05, 0.1) is 11.1 Å². The second kappa shape index (κ2) is 4.29. The molecule has 0 aromatic heterocycles. The van der Waals surface area contributed by atoms with Gasteiger partial charge in [-0.2, -0.15) is 0 Å². The van der Waals surface area contributed by atoms with Gasteiger partial charge >= 0.3 is 5.97 Å². The molecule has 0 atom stereocenters. The maximum absolute atomic E-state index is 10.5. The van der Waals surface area contributed by atoms with E-state index in [1.807, 2.05) is 5.92 Å². The predicted octanol–water partition coefficient (Wildman–Crippen LogP) is 0.949. The van der Waals surface area contributed by atoms with Gasteiger partial charge < -0.3 is 10.2 Å². The number of hydrogen-bond acceptors (Lipinski definition) is 3.